The van der Waals surface area contributed by atoms with Crippen LogP contribution in [0, 0.1) is 0 Å². The summed E-state index contributed by atoms with van der Waals surface area (Å²) in [4.78, 5) is 2.36. The van der Waals surface area contributed by atoms with E-state index in [0.717, 1.165) is 19.6 Å². The molecule has 1 aromatic rings. The molecule has 1 rings (SSSR count). The first-order valence-electron chi connectivity index (χ1n) is 6.74. The molecule has 0 aromatic heterocycles. The van der Waals surface area contributed by atoms with Gasteiger partial charge in [0.25, 0.3) is 0 Å². The molecule has 0 aliphatic rings. The smallest absolute Gasteiger partial charge is 0.0332 e. The largest absolute Gasteiger partial charge is 0.310 e. The molecule has 0 fully saturated rings. The Labute approximate surface area is 106 Å². The second-order valence-electron chi connectivity index (χ2n) is 4.60. The molecule has 1 aromatic carbocycles. The van der Waals surface area contributed by atoms with Gasteiger partial charge in [-0.15, -0.1) is 0 Å². The summed E-state index contributed by atoms with van der Waals surface area (Å²) in [5.41, 5.74) is 1.41. The van der Waals surface area contributed by atoms with E-state index in [1.165, 1.54) is 18.4 Å². The van der Waals surface area contributed by atoms with Crippen LogP contribution >= 0.6 is 0 Å². The van der Waals surface area contributed by atoms with Gasteiger partial charge in [-0.3, -0.25) is 0 Å². The summed E-state index contributed by atoms with van der Waals surface area (Å²) in [6.45, 7) is 7.78. The summed E-state index contributed by atoms with van der Waals surface area (Å²) < 4.78 is 0. The second-order valence-corrected chi connectivity index (χ2v) is 4.60. The molecule has 0 radical (unpaired) electrons. The van der Waals surface area contributed by atoms with E-state index in [4.69, 9.17) is 0 Å². The van der Waals surface area contributed by atoms with E-state index in [-0.39, 0.29) is 0 Å². The predicted molar refractivity (Wildman–Crippen MR) is 75.3 cm³/mol. The molecule has 17 heavy (non-hydrogen) atoms. The van der Waals surface area contributed by atoms with E-state index in [1.807, 2.05) is 0 Å². The number of benzene rings is 1. The summed E-state index contributed by atoms with van der Waals surface area (Å²) in [5, 5.41) is 3.64. The van der Waals surface area contributed by atoms with Gasteiger partial charge >= 0.3 is 0 Å². The molecule has 2 nitrogen and oxygen atoms in total. The third kappa shape index (κ3) is 5.33. The van der Waals surface area contributed by atoms with E-state index in [0.29, 0.717) is 6.04 Å². The summed E-state index contributed by atoms with van der Waals surface area (Å²) in [5.74, 6) is 0. The average molecular weight is 234 g/mol. The Hall–Kier alpha value is -0.860. The number of hydrogen-bond donors (Lipinski definition) is 1. The van der Waals surface area contributed by atoms with Crippen molar-refractivity contribution in [2.24, 2.45) is 0 Å². The maximum atomic E-state index is 3.64. The van der Waals surface area contributed by atoms with Crippen LogP contribution in [0.5, 0.6) is 0 Å². The van der Waals surface area contributed by atoms with Gasteiger partial charge in [-0.05, 0) is 45.1 Å². The normalized spacial score (nSPS) is 12.9. The zero-order valence-electron chi connectivity index (χ0n) is 11.4. The van der Waals surface area contributed by atoms with Crippen LogP contribution in [-0.4, -0.2) is 31.6 Å². The Morgan fingerprint density at radius 2 is 1.88 bits per heavy atom. The lowest BCUT2D eigenvalue weighted by molar-refractivity contribution is 0.321. The van der Waals surface area contributed by atoms with Crippen molar-refractivity contribution >= 4 is 0 Å². The summed E-state index contributed by atoms with van der Waals surface area (Å²) in [6.07, 6.45) is 2.36. The van der Waals surface area contributed by atoms with Crippen molar-refractivity contribution in [1.29, 1.82) is 0 Å². The van der Waals surface area contributed by atoms with Gasteiger partial charge in [0.2, 0.25) is 0 Å². The highest BCUT2D eigenvalue weighted by Gasteiger charge is 2.10. The molecule has 0 aliphatic heterocycles. The quantitative estimate of drug-likeness (QED) is 0.743. The van der Waals surface area contributed by atoms with Crippen LogP contribution in [0.1, 0.15) is 38.3 Å². The highest BCUT2D eigenvalue weighted by molar-refractivity contribution is 5.18. The van der Waals surface area contributed by atoms with Crippen molar-refractivity contribution in [2.45, 2.75) is 32.7 Å². The van der Waals surface area contributed by atoms with E-state index in [1.54, 1.807) is 0 Å². The molecule has 0 spiro atoms. The summed E-state index contributed by atoms with van der Waals surface area (Å²) in [7, 11) is 2.18. The van der Waals surface area contributed by atoms with Crippen molar-refractivity contribution in [1.82, 2.24) is 10.2 Å². The summed E-state index contributed by atoms with van der Waals surface area (Å²) in [6, 6.07) is 11.3. The van der Waals surface area contributed by atoms with Gasteiger partial charge in [-0.2, -0.15) is 0 Å². The van der Waals surface area contributed by atoms with Gasteiger partial charge in [-0.25, -0.2) is 0 Å². The monoisotopic (exact) mass is 234 g/mol. The zero-order valence-corrected chi connectivity index (χ0v) is 11.4. The minimum Gasteiger partial charge on any atom is -0.310 e. The minimum absolute atomic E-state index is 0.491. The van der Waals surface area contributed by atoms with Gasteiger partial charge in [-0.1, -0.05) is 44.2 Å². The lowest BCUT2D eigenvalue weighted by Gasteiger charge is -2.22. The van der Waals surface area contributed by atoms with Crippen LogP contribution in [-0.2, 0) is 0 Å². The number of hydrogen-bond acceptors (Lipinski definition) is 2. The van der Waals surface area contributed by atoms with Crippen LogP contribution in [0.15, 0.2) is 30.3 Å². The number of nitrogens with zero attached hydrogens (tertiary/aromatic N) is 1. The van der Waals surface area contributed by atoms with Crippen LogP contribution in [0.4, 0.5) is 0 Å². The molecule has 2 heteroatoms. The molecule has 0 saturated heterocycles. The van der Waals surface area contributed by atoms with Crippen molar-refractivity contribution in [2.75, 3.05) is 26.7 Å². The maximum absolute atomic E-state index is 3.64. The fraction of sp³-hybridized carbons (Fsp3) is 0.600. The average Bonchev–Trinajstić information content (AvgIpc) is 2.39. The van der Waals surface area contributed by atoms with Crippen molar-refractivity contribution in [3.8, 4) is 0 Å². The zero-order chi connectivity index (χ0) is 12.5. The third-order valence-electron chi connectivity index (χ3n) is 3.18. The van der Waals surface area contributed by atoms with Crippen LogP contribution in [0.3, 0.4) is 0 Å². The molecule has 1 unspecified atom stereocenters. The Balaban J connectivity index is 2.54. The molecule has 0 amide bonds. The fourth-order valence-electron chi connectivity index (χ4n) is 1.90. The van der Waals surface area contributed by atoms with E-state index in [9.17, 15) is 0 Å². The van der Waals surface area contributed by atoms with Gasteiger partial charge < -0.3 is 10.2 Å². The topological polar surface area (TPSA) is 15.3 Å². The fourth-order valence-corrected chi connectivity index (χ4v) is 1.90. The van der Waals surface area contributed by atoms with Crippen molar-refractivity contribution in [3.63, 3.8) is 0 Å². The third-order valence-corrected chi connectivity index (χ3v) is 3.18. The Kier molecular flexibility index (Phi) is 6.90. The van der Waals surface area contributed by atoms with Crippen molar-refractivity contribution in [3.05, 3.63) is 35.9 Å². The Morgan fingerprint density at radius 1 is 1.18 bits per heavy atom. The predicted octanol–water partition coefficient (Wildman–Crippen LogP) is 3.07. The molecule has 0 heterocycles. The van der Waals surface area contributed by atoms with Gasteiger partial charge in [0, 0.05) is 6.04 Å². The first-order valence-corrected chi connectivity index (χ1v) is 6.74. The van der Waals surface area contributed by atoms with E-state index < -0.39 is 0 Å². The van der Waals surface area contributed by atoms with E-state index in [2.05, 4.69) is 61.4 Å². The molecular formula is C15H26N2. The van der Waals surface area contributed by atoms with Gasteiger partial charge in [0.1, 0.15) is 0 Å². The second kappa shape index (κ2) is 8.26. The van der Waals surface area contributed by atoms with Crippen LogP contribution in [0.25, 0.3) is 0 Å². The van der Waals surface area contributed by atoms with Crippen molar-refractivity contribution < 1.29 is 0 Å². The van der Waals surface area contributed by atoms with Gasteiger partial charge in [0.15, 0.2) is 0 Å². The number of nitrogens with one attached hydrogen (secondary N) is 1. The first kappa shape index (κ1) is 14.2. The lowest BCUT2D eigenvalue weighted by Crippen LogP contribution is -2.27. The molecule has 0 aliphatic carbocycles. The molecule has 0 bridgehead atoms. The highest BCUT2D eigenvalue weighted by Crippen LogP contribution is 2.16. The standard InChI is InChI=1S/C15H26N2/c1-4-12-16-15(11-13-17(3)5-2)14-9-7-6-8-10-14/h6-10,15-16H,4-5,11-13H2,1-3H3. The Bertz CT molecular complexity index is 284. The van der Waals surface area contributed by atoms with Crippen LogP contribution < -0.4 is 5.32 Å². The molecule has 96 valence electrons. The van der Waals surface area contributed by atoms with E-state index >= 15 is 0 Å². The highest BCUT2D eigenvalue weighted by atomic mass is 15.1. The lowest BCUT2D eigenvalue weighted by atomic mass is 10.0. The molecule has 0 saturated carbocycles. The number of rotatable bonds is 8. The maximum Gasteiger partial charge on any atom is 0.0332 e. The first-order chi connectivity index (χ1) is 8.27. The molecular weight excluding hydrogens is 208 g/mol. The Morgan fingerprint density at radius 3 is 2.47 bits per heavy atom. The molecule has 1 N–H and O–H groups in total. The minimum atomic E-state index is 0.491. The summed E-state index contributed by atoms with van der Waals surface area (Å²) >= 11 is 0. The van der Waals surface area contributed by atoms with Crippen LogP contribution in [0.2, 0.25) is 0 Å². The molecule has 1 atom stereocenters. The van der Waals surface area contributed by atoms with Gasteiger partial charge in [0.05, 0.1) is 0 Å². The SMILES string of the molecule is CCCNC(CCN(C)CC)c1ccccc1.